The van der Waals surface area contributed by atoms with Gasteiger partial charge in [-0.25, -0.2) is 9.00 Å². The number of fused-ring (bicyclic) bond motifs is 1. The van der Waals surface area contributed by atoms with Gasteiger partial charge in [-0.05, 0) is 41.7 Å². The quantitative estimate of drug-likeness (QED) is 0.377. The minimum absolute atomic E-state index is 0.0407. The van der Waals surface area contributed by atoms with Crippen LogP contribution in [0.3, 0.4) is 0 Å². The molecule has 4 N–H and O–H groups in total. The molecule has 1 aromatic heterocycles. The average Bonchev–Trinajstić information content (AvgIpc) is 2.76. The zero-order valence-corrected chi connectivity index (χ0v) is 18.7. The molecule has 0 saturated heterocycles. The molecule has 34 heavy (non-hydrogen) atoms. The number of carboxylic acids is 1. The van der Waals surface area contributed by atoms with Crippen molar-refractivity contribution < 1.29 is 31.7 Å². The Hall–Kier alpha value is -3.18. The van der Waals surface area contributed by atoms with E-state index in [0.29, 0.717) is 22.1 Å². The summed E-state index contributed by atoms with van der Waals surface area (Å²) in [4.78, 5) is 22.2. The monoisotopic (exact) mass is 496 g/mol. The lowest BCUT2D eigenvalue weighted by atomic mass is 9.93. The maximum atomic E-state index is 13.7. The molecule has 1 heterocycles. The molecule has 3 aromatic rings. The van der Waals surface area contributed by atoms with Gasteiger partial charge in [0.25, 0.3) is 0 Å². The predicted molar refractivity (Wildman–Crippen MR) is 122 cm³/mol. The van der Waals surface area contributed by atoms with Crippen LogP contribution in [-0.4, -0.2) is 39.0 Å². The molecule has 7 nitrogen and oxygen atoms in total. The van der Waals surface area contributed by atoms with Crippen molar-refractivity contribution >= 4 is 26.7 Å². The van der Waals surface area contributed by atoms with Crippen molar-refractivity contribution in [3.8, 4) is 11.1 Å². The molecule has 0 aliphatic rings. The van der Waals surface area contributed by atoms with E-state index in [9.17, 15) is 27.0 Å². The molecule has 0 saturated carbocycles. The van der Waals surface area contributed by atoms with E-state index in [1.54, 1.807) is 24.3 Å². The summed E-state index contributed by atoms with van der Waals surface area (Å²) in [6, 6.07) is 12.4. The molecule has 2 unspecified atom stereocenters. The number of hydrogen-bond donors (Lipinski definition) is 3. The molecule has 3 atom stereocenters. The van der Waals surface area contributed by atoms with Gasteiger partial charge in [-0.3, -0.25) is 9.57 Å². The van der Waals surface area contributed by atoms with Gasteiger partial charge in [0.1, 0.15) is 11.6 Å². The van der Waals surface area contributed by atoms with Crippen LogP contribution >= 0.6 is 0 Å². The normalized spacial score (nSPS) is 15.5. The van der Waals surface area contributed by atoms with E-state index in [1.165, 1.54) is 30.3 Å². The van der Waals surface area contributed by atoms with E-state index in [-0.39, 0.29) is 17.7 Å². The summed E-state index contributed by atoms with van der Waals surface area (Å²) >= 11 is 0. The first-order chi connectivity index (χ1) is 15.9. The molecule has 0 fully saturated rings. The Morgan fingerprint density at radius 3 is 2.24 bits per heavy atom. The molecule has 2 aromatic carbocycles. The predicted octanol–water partition coefficient (Wildman–Crippen LogP) is 4.34. The van der Waals surface area contributed by atoms with Gasteiger partial charge < -0.3 is 15.3 Å². The van der Waals surface area contributed by atoms with Crippen LogP contribution in [0, 0.1) is 4.78 Å². The van der Waals surface area contributed by atoms with Gasteiger partial charge in [-0.1, -0.05) is 36.4 Å². The van der Waals surface area contributed by atoms with E-state index in [4.69, 9.17) is 20.0 Å². The molecule has 3 rings (SSSR count). The van der Waals surface area contributed by atoms with Crippen LogP contribution in [0.2, 0.25) is 0 Å². The highest BCUT2D eigenvalue weighted by molar-refractivity contribution is 7.92. The number of carboxylic acid groups (broad SMARTS) is 1. The largest absolute Gasteiger partial charge is 0.480 e. The molecule has 11 heteroatoms. The Kier molecular flexibility index (Phi) is 7.47. The number of rotatable bonds is 9. The Balaban J connectivity index is 1.77. The van der Waals surface area contributed by atoms with E-state index >= 15 is 0 Å². The highest BCUT2D eigenvalue weighted by Gasteiger charge is 2.40. The van der Waals surface area contributed by atoms with Gasteiger partial charge in [0.05, 0.1) is 5.92 Å². The Labute approximate surface area is 193 Å². The first-order valence-corrected chi connectivity index (χ1v) is 12.2. The number of carbonyl (C=O) groups is 1. The fourth-order valence-electron chi connectivity index (χ4n) is 3.52. The van der Waals surface area contributed by atoms with Crippen molar-refractivity contribution in [1.29, 1.82) is 4.78 Å². The molecule has 0 aliphatic heterocycles. The molecule has 0 amide bonds. The Morgan fingerprint density at radius 1 is 1.03 bits per heavy atom. The number of alkyl halides is 3. The standard InChI is InChI=1S/C23H23F3N2O5S/c24-23(25,26)18(9-11-34(28,32)12-10-19(27)22(30)31)15-3-1-14(2-4-15)17-6-5-16-7-8-21(29)33-20(16)13-17/h1-8,13,18-19,28H,9-12,27H2,(H,30,31)/t18?,19-,34?/m0/s1. The third-order valence-electron chi connectivity index (χ3n) is 5.48. The number of hydrogen-bond acceptors (Lipinski definition) is 6. The van der Waals surface area contributed by atoms with E-state index < -0.39 is 51.6 Å². The van der Waals surface area contributed by atoms with Crippen LogP contribution in [0.4, 0.5) is 13.2 Å². The Bertz CT molecular complexity index is 1340. The van der Waals surface area contributed by atoms with Crippen molar-refractivity contribution in [2.24, 2.45) is 5.73 Å². The Morgan fingerprint density at radius 2 is 1.62 bits per heavy atom. The van der Waals surface area contributed by atoms with E-state index in [1.807, 2.05) is 0 Å². The van der Waals surface area contributed by atoms with Crippen LogP contribution in [0.15, 0.2) is 63.8 Å². The second kappa shape index (κ2) is 9.98. The summed E-state index contributed by atoms with van der Waals surface area (Å²) in [6.07, 6.45) is -5.45. The third-order valence-corrected chi connectivity index (χ3v) is 7.27. The van der Waals surface area contributed by atoms with Crippen LogP contribution in [0.25, 0.3) is 22.1 Å². The number of aliphatic carboxylic acids is 1. The lowest BCUT2D eigenvalue weighted by Gasteiger charge is -2.22. The summed E-state index contributed by atoms with van der Waals surface area (Å²) in [5, 5.41) is 9.48. The summed E-state index contributed by atoms with van der Waals surface area (Å²) < 4.78 is 66.6. The second-order valence-corrected chi connectivity index (χ2v) is 10.4. The smallest absolute Gasteiger partial charge is 0.395 e. The zero-order valence-electron chi connectivity index (χ0n) is 17.9. The first kappa shape index (κ1) is 25.4. The number of nitrogens with two attached hydrogens (primary N) is 1. The molecular weight excluding hydrogens is 473 g/mol. The highest BCUT2D eigenvalue weighted by atomic mass is 32.2. The molecule has 0 radical (unpaired) electrons. The summed E-state index contributed by atoms with van der Waals surface area (Å²) in [5.41, 5.74) is 6.41. The highest BCUT2D eigenvalue weighted by Crippen LogP contribution is 2.38. The number of benzene rings is 2. The van der Waals surface area contributed by atoms with Crippen LogP contribution < -0.4 is 11.4 Å². The molecule has 0 spiro atoms. The van der Waals surface area contributed by atoms with E-state index in [2.05, 4.69) is 0 Å². The lowest BCUT2D eigenvalue weighted by Crippen LogP contribution is -2.32. The SMILES string of the molecule is N=S(=O)(CCC(c1ccc(-c2ccc3ccc(=O)oc3c2)cc1)C(F)(F)F)CC[C@H](N)C(=O)O. The average molecular weight is 497 g/mol. The van der Waals surface area contributed by atoms with Gasteiger partial charge in [0.2, 0.25) is 0 Å². The van der Waals surface area contributed by atoms with Gasteiger partial charge in [-0.15, -0.1) is 0 Å². The number of halogens is 3. The topological polar surface area (TPSA) is 134 Å². The first-order valence-electron chi connectivity index (χ1n) is 10.3. The fraction of sp³-hybridized carbons (Fsp3) is 0.304. The maximum Gasteiger partial charge on any atom is 0.395 e. The minimum atomic E-state index is -4.62. The van der Waals surface area contributed by atoms with Gasteiger partial charge in [0, 0.05) is 32.7 Å². The summed E-state index contributed by atoms with van der Waals surface area (Å²) in [7, 11) is -3.43. The van der Waals surface area contributed by atoms with Gasteiger partial charge >= 0.3 is 17.8 Å². The fourth-order valence-corrected chi connectivity index (χ4v) is 4.97. The summed E-state index contributed by atoms with van der Waals surface area (Å²) in [5.74, 6) is -4.18. The minimum Gasteiger partial charge on any atom is -0.480 e. The van der Waals surface area contributed by atoms with Crippen molar-refractivity contribution in [2.45, 2.75) is 31.0 Å². The molecule has 182 valence electrons. The van der Waals surface area contributed by atoms with Crippen molar-refractivity contribution in [1.82, 2.24) is 0 Å². The van der Waals surface area contributed by atoms with Crippen LogP contribution in [0.1, 0.15) is 24.3 Å². The molecular formula is C23H23F3N2O5S. The van der Waals surface area contributed by atoms with Crippen molar-refractivity contribution in [3.05, 3.63) is 70.6 Å². The van der Waals surface area contributed by atoms with Gasteiger partial charge in [-0.2, -0.15) is 13.2 Å². The molecule has 0 aliphatic carbocycles. The van der Waals surface area contributed by atoms with Crippen molar-refractivity contribution in [2.75, 3.05) is 11.5 Å². The van der Waals surface area contributed by atoms with Crippen LogP contribution in [-0.2, 0) is 14.5 Å². The third kappa shape index (κ3) is 6.45. The maximum absolute atomic E-state index is 13.7. The zero-order chi connectivity index (χ0) is 25.1. The van der Waals surface area contributed by atoms with Crippen molar-refractivity contribution in [3.63, 3.8) is 0 Å². The lowest BCUT2D eigenvalue weighted by molar-refractivity contribution is -0.150. The second-order valence-electron chi connectivity index (χ2n) is 7.97. The number of nitrogens with one attached hydrogen (secondary N) is 1. The molecule has 0 bridgehead atoms. The van der Waals surface area contributed by atoms with Crippen LogP contribution in [0.5, 0.6) is 0 Å². The van der Waals surface area contributed by atoms with E-state index in [0.717, 1.165) is 0 Å². The van der Waals surface area contributed by atoms with Gasteiger partial charge in [0.15, 0.2) is 0 Å². The summed E-state index contributed by atoms with van der Waals surface area (Å²) in [6.45, 7) is 0.